The Balaban J connectivity index is 0.000000364. The number of ether oxygens (including phenoxy) is 2. The molecule has 0 atom stereocenters. The smallest absolute Gasteiger partial charge is 0.407 e. The number of piperazine rings is 2. The summed E-state index contributed by atoms with van der Waals surface area (Å²) in [4.78, 5) is 46.2. The fourth-order valence-electron chi connectivity index (χ4n) is 5.44. The number of nitrogens with zero attached hydrogens (tertiary/aromatic N) is 5. The van der Waals surface area contributed by atoms with Crippen molar-refractivity contribution in [2.24, 2.45) is 5.73 Å². The molecule has 0 aliphatic carbocycles. The number of urea groups is 1. The highest BCUT2D eigenvalue weighted by Gasteiger charge is 2.18. The number of carbonyl (C=O) groups excluding carboxylic acids is 3. The van der Waals surface area contributed by atoms with E-state index in [0.717, 1.165) is 86.7 Å². The van der Waals surface area contributed by atoms with Crippen LogP contribution in [0.1, 0.15) is 41.5 Å². The van der Waals surface area contributed by atoms with E-state index in [1.807, 2.05) is 65.8 Å². The zero-order valence-corrected chi connectivity index (χ0v) is 41.3. The highest BCUT2D eigenvalue weighted by Crippen LogP contribution is 2.23. The average Bonchev–Trinajstić information content (AvgIpc) is 3.20. The third-order valence-corrected chi connectivity index (χ3v) is 13.6. The van der Waals surface area contributed by atoms with Gasteiger partial charge in [0, 0.05) is 131 Å². The van der Waals surface area contributed by atoms with E-state index in [0.29, 0.717) is 26.2 Å². The van der Waals surface area contributed by atoms with E-state index in [-0.39, 0.29) is 12.1 Å². The van der Waals surface area contributed by atoms with Crippen LogP contribution in [-0.2, 0) is 9.47 Å². The van der Waals surface area contributed by atoms with Crippen molar-refractivity contribution in [3.05, 3.63) is 48.5 Å². The van der Waals surface area contributed by atoms with E-state index >= 15 is 0 Å². The maximum atomic E-state index is 12.4. The summed E-state index contributed by atoms with van der Waals surface area (Å²) in [6.45, 7) is 22.2. The number of rotatable bonds is 16. The lowest BCUT2D eigenvalue weighted by atomic mass is 10.2. The first-order chi connectivity index (χ1) is 28.9. The zero-order chi connectivity index (χ0) is 45.3. The molecule has 2 aromatic carbocycles. The van der Waals surface area contributed by atoms with Crippen molar-refractivity contribution in [2.75, 3.05) is 143 Å². The Morgan fingerprint density at radius 1 is 0.607 bits per heavy atom. The number of hydrogen-bond donors (Lipinski definition) is 5. The molecule has 7 N–H and O–H groups in total. The number of hydrogen-bond acceptors (Lipinski definition) is 15. The first-order valence-corrected chi connectivity index (χ1v) is 25.8. The molecule has 0 aromatic heterocycles. The molecule has 4 amide bonds. The van der Waals surface area contributed by atoms with Crippen molar-refractivity contribution in [1.29, 1.82) is 0 Å². The van der Waals surface area contributed by atoms with Gasteiger partial charge < -0.3 is 56.5 Å². The molecular weight excluding hydrogens is 853 g/mol. The Hall–Kier alpha value is -3.07. The lowest BCUT2D eigenvalue weighted by Gasteiger charge is -2.34. The van der Waals surface area contributed by atoms with Crippen LogP contribution in [0.4, 0.5) is 37.1 Å². The molecule has 4 rings (SSSR count). The van der Waals surface area contributed by atoms with Crippen molar-refractivity contribution in [3.8, 4) is 0 Å². The monoisotopic (exact) mass is 926 g/mol. The number of likely N-dealkylation sites (N-methyl/N-ethyl adjacent to an activating group) is 2. The Morgan fingerprint density at radius 3 is 1.34 bits per heavy atom. The number of carbonyl (C=O) groups is 3. The molecule has 2 aromatic rings. The predicted octanol–water partition coefficient (Wildman–Crippen LogP) is 6.36. The van der Waals surface area contributed by atoms with E-state index in [4.69, 9.17) is 20.9 Å². The minimum Gasteiger partial charge on any atom is -0.444 e. The van der Waals surface area contributed by atoms with Crippen LogP contribution in [0.5, 0.6) is 0 Å². The van der Waals surface area contributed by atoms with Crippen LogP contribution in [-0.4, -0.2) is 162 Å². The van der Waals surface area contributed by atoms with Gasteiger partial charge >= 0.3 is 18.2 Å². The summed E-state index contributed by atoms with van der Waals surface area (Å²) in [6.07, 6.45) is -0.748. The Bertz CT molecular complexity index is 1520. The summed E-state index contributed by atoms with van der Waals surface area (Å²) in [7, 11) is 12.8. The number of anilines is 4. The quantitative estimate of drug-likeness (QED) is 0.0715. The number of nitrogens with two attached hydrogens (primary N) is 2. The van der Waals surface area contributed by atoms with Gasteiger partial charge in [0.05, 0.1) is 0 Å². The van der Waals surface area contributed by atoms with Crippen LogP contribution in [0.25, 0.3) is 0 Å². The van der Waals surface area contributed by atoms with Gasteiger partial charge in [0.15, 0.2) is 0 Å². The van der Waals surface area contributed by atoms with Crippen LogP contribution in [0.3, 0.4) is 0 Å². The fraction of sp³-hybridized carbons (Fsp3) is 0.643. The molecule has 0 spiro atoms. The summed E-state index contributed by atoms with van der Waals surface area (Å²) in [5, 5.41) is 8.37. The maximum absolute atomic E-state index is 12.4. The van der Waals surface area contributed by atoms with E-state index in [2.05, 4.69) is 73.9 Å². The SMILES string of the molecule is CC(C)(C)OC(=O)NCCSSCCN.CN1CCN(c2ccc(N(C)C(=O)NCCSSCCNC(=O)OC(C)(C)C)cc2)CC1.CN1CCN(c2ccc(N)cc2)CC1. The van der Waals surface area contributed by atoms with Crippen LogP contribution >= 0.6 is 43.2 Å². The second kappa shape index (κ2) is 29.3. The lowest BCUT2D eigenvalue weighted by Crippen LogP contribution is -2.44. The Morgan fingerprint density at radius 2 is 0.967 bits per heavy atom. The second-order valence-electron chi connectivity index (χ2n) is 16.4. The minimum absolute atomic E-state index is 0.116. The van der Waals surface area contributed by atoms with E-state index < -0.39 is 17.3 Å². The molecule has 2 fully saturated rings. The number of nitrogen functional groups attached to an aromatic ring is 1. The average molecular weight is 927 g/mol. The van der Waals surface area contributed by atoms with E-state index in [1.165, 1.54) is 11.4 Å². The van der Waals surface area contributed by atoms with Crippen LogP contribution in [0.2, 0.25) is 0 Å². The normalized spacial score (nSPS) is 14.7. The molecule has 0 unspecified atom stereocenters. The van der Waals surface area contributed by atoms with Crippen molar-refractivity contribution in [3.63, 3.8) is 0 Å². The molecule has 0 bridgehead atoms. The van der Waals surface area contributed by atoms with Crippen LogP contribution < -0.4 is 42.1 Å². The van der Waals surface area contributed by atoms with Gasteiger partial charge in [0.25, 0.3) is 0 Å². The van der Waals surface area contributed by atoms with Crippen molar-refractivity contribution < 1.29 is 23.9 Å². The molecule has 2 saturated heterocycles. The largest absolute Gasteiger partial charge is 0.444 e. The standard InChI is InChI=1S/C22H37N5O3S2.C11H17N3.C9H20N2O2S2/c1-22(2,3)30-21(29)24-11-17-32-31-16-10-23-20(28)26(5)18-6-8-19(9-7-18)27-14-12-25(4)13-15-27;1-13-6-8-14(9-7-13)11-4-2-10(12)3-5-11;1-9(2,3)13-8(12)11-5-7-15-14-6-4-10/h6-9H,10-17H2,1-5H3,(H,23,28)(H,24,29);2-5H,6-9,12H2,1H3;4-7,10H2,1-3H3,(H,11,12). The number of alkyl carbamates (subject to hydrolysis) is 2. The number of amides is 4. The first-order valence-electron chi connectivity index (χ1n) is 20.8. The minimum atomic E-state index is -0.482. The van der Waals surface area contributed by atoms with Crippen molar-refractivity contribution in [2.45, 2.75) is 52.7 Å². The number of benzene rings is 2. The molecule has 2 aliphatic rings. The molecule has 19 heteroatoms. The summed E-state index contributed by atoms with van der Waals surface area (Å²) in [5.74, 6) is 3.37. The molecule has 0 saturated carbocycles. The predicted molar refractivity (Wildman–Crippen MR) is 266 cm³/mol. The maximum Gasteiger partial charge on any atom is 0.407 e. The summed E-state index contributed by atoms with van der Waals surface area (Å²) in [6, 6.07) is 16.2. The summed E-state index contributed by atoms with van der Waals surface area (Å²) >= 11 is 0. The van der Waals surface area contributed by atoms with E-state index in [9.17, 15) is 14.4 Å². The molecule has 61 heavy (non-hydrogen) atoms. The van der Waals surface area contributed by atoms with Gasteiger partial charge in [-0.05, 0) is 104 Å². The molecular formula is C42H74N10O5S4. The molecule has 0 radical (unpaired) electrons. The molecule has 15 nitrogen and oxygen atoms in total. The fourth-order valence-corrected chi connectivity index (χ4v) is 9.02. The Kier molecular flexibility index (Phi) is 26.0. The van der Waals surface area contributed by atoms with Crippen LogP contribution in [0.15, 0.2) is 48.5 Å². The molecule has 346 valence electrons. The zero-order valence-electron chi connectivity index (χ0n) is 38.0. The van der Waals surface area contributed by atoms with Gasteiger partial charge in [-0.25, -0.2) is 14.4 Å². The molecule has 2 aliphatic heterocycles. The first kappa shape index (κ1) is 54.1. The topological polar surface area (TPSA) is 174 Å². The van der Waals surface area contributed by atoms with Gasteiger partial charge in [-0.15, -0.1) is 0 Å². The van der Waals surface area contributed by atoms with Crippen LogP contribution in [0, 0.1) is 0 Å². The van der Waals surface area contributed by atoms with Crippen molar-refractivity contribution >= 4 is 84.1 Å². The van der Waals surface area contributed by atoms with Gasteiger partial charge in [-0.1, -0.05) is 43.2 Å². The summed E-state index contributed by atoms with van der Waals surface area (Å²) in [5.41, 5.74) is 14.3. The highest BCUT2D eigenvalue weighted by molar-refractivity contribution is 8.77. The third kappa shape index (κ3) is 25.6. The third-order valence-electron chi connectivity index (χ3n) is 8.71. The van der Waals surface area contributed by atoms with Gasteiger partial charge in [0.2, 0.25) is 0 Å². The van der Waals surface area contributed by atoms with Gasteiger partial charge in [0.1, 0.15) is 11.2 Å². The number of nitrogens with one attached hydrogen (secondary N) is 3. The summed E-state index contributed by atoms with van der Waals surface area (Å²) < 4.78 is 10.3. The van der Waals surface area contributed by atoms with E-state index in [1.54, 1.807) is 55.1 Å². The lowest BCUT2D eigenvalue weighted by molar-refractivity contribution is 0.0520. The highest BCUT2D eigenvalue weighted by atomic mass is 33.1. The van der Waals surface area contributed by atoms with Gasteiger partial charge in [-0.3, -0.25) is 4.90 Å². The van der Waals surface area contributed by atoms with Gasteiger partial charge in [-0.2, -0.15) is 0 Å². The second-order valence-corrected chi connectivity index (χ2v) is 21.8. The van der Waals surface area contributed by atoms with Crippen molar-refractivity contribution in [1.82, 2.24) is 25.8 Å². The Labute approximate surface area is 382 Å². The molecule has 2 heterocycles.